The summed E-state index contributed by atoms with van der Waals surface area (Å²) in [5, 5.41) is 5.61. The molecule has 1 heterocycles. The molecule has 1 aliphatic heterocycles. The van der Waals surface area contributed by atoms with E-state index in [2.05, 4.69) is 10.6 Å². The zero-order chi connectivity index (χ0) is 19.5. The van der Waals surface area contributed by atoms with Gasteiger partial charge in [0.1, 0.15) is 12.1 Å². The van der Waals surface area contributed by atoms with Crippen LogP contribution in [0.15, 0.2) is 18.2 Å². The summed E-state index contributed by atoms with van der Waals surface area (Å²) in [6, 6.07) is 4.38. The second-order valence-corrected chi connectivity index (χ2v) is 6.54. The number of carbonyl (C=O) groups excluding carboxylic acids is 4. The Balaban J connectivity index is 1.87. The highest BCUT2D eigenvalue weighted by Crippen LogP contribution is 2.23. The SMILES string of the molecule is CC[C@@]1(C)NC(=O)N(CC(=O)OCC(=O)Nc2cccc(Cl)c2C)C1=O. The van der Waals surface area contributed by atoms with E-state index < -0.39 is 42.5 Å². The van der Waals surface area contributed by atoms with Crippen LogP contribution in [0.3, 0.4) is 0 Å². The summed E-state index contributed by atoms with van der Waals surface area (Å²) in [5.41, 5.74) is 0.164. The van der Waals surface area contributed by atoms with Crippen molar-refractivity contribution in [2.24, 2.45) is 0 Å². The van der Waals surface area contributed by atoms with Crippen LogP contribution in [0.5, 0.6) is 0 Å². The van der Waals surface area contributed by atoms with Crippen LogP contribution in [0.25, 0.3) is 0 Å². The number of hydrogen-bond donors (Lipinski definition) is 2. The molecule has 0 spiro atoms. The third-order valence-electron chi connectivity index (χ3n) is 4.25. The van der Waals surface area contributed by atoms with Gasteiger partial charge >= 0.3 is 12.0 Å². The van der Waals surface area contributed by atoms with Crippen LogP contribution in [-0.4, -0.2) is 47.4 Å². The molecule has 1 aromatic carbocycles. The molecule has 2 rings (SSSR count). The molecular formula is C17H20ClN3O5. The molecule has 1 saturated heterocycles. The van der Waals surface area contributed by atoms with Crippen molar-refractivity contribution in [2.75, 3.05) is 18.5 Å². The number of amides is 4. The molecule has 1 fully saturated rings. The molecule has 0 unspecified atom stereocenters. The number of anilines is 1. The topological polar surface area (TPSA) is 105 Å². The van der Waals surface area contributed by atoms with E-state index in [-0.39, 0.29) is 0 Å². The van der Waals surface area contributed by atoms with Crippen LogP contribution in [0, 0.1) is 6.92 Å². The average molecular weight is 382 g/mol. The van der Waals surface area contributed by atoms with Crippen molar-refractivity contribution in [3.05, 3.63) is 28.8 Å². The fourth-order valence-corrected chi connectivity index (χ4v) is 2.55. The van der Waals surface area contributed by atoms with Crippen LogP contribution in [0.1, 0.15) is 25.8 Å². The quantitative estimate of drug-likeness (QED) is 0.578. The minimum Gasteiger partial charge on any atom is -0.454 e. The molecule has 0 aromatic heterocycles. The number of nitrogens with zero attached hydrogens (tertiary/aromatic N) is 1. The fourth-order valence-electron chi connectivity index (χ4n) is 2.38. The number of esters is 1. The van der Waals surface area contributed by atoms with E-state index in [1.807, 2.05) is 0 Å². The number of carbonyl (C=O) groups is 4. The van der Waals surface area contributed by atoms with Gasteiger partial charge in [-0.15, -0.1) is 0 Å². The van der Waals surface area contributed by atoms with Crippen LogP contribution < -0.4 is 10.6 Å². The van der Waals surface area contributed by atoms with Gasteiger partial charge in [-0.05, 0) is 38.0 Å². The molecule has 2 N–H and O–H groups in total. The molecule has 0 aliphatic carbocycles. The van der Waals surface area contributed by atoms with Gasteiger partial charge in [0, 0.05) is 10.7 Å². The fraction of sp³-hybridized carbons (Fsp3) is 0.412. The summed E-state index contributed by atoms with van der Waals surface area (Å²) in [6.45, 7) is 3.98. The number of imide groups is 1. The molecule has 1 aliphatic rings. The highest BCUT2D eigenvalue weighted by atomic mass is 35.5. The number of benzene rings is 1. The second-order valence-electron chi connectivity index (χ2n) is 6.13. The molecule has 4 amide bonds. The zero-order valence-electron chi connectivity index (χ0n) is 14.7. The predicted molar refractivity (Wildman–Crippen MR) is 94.7 cm³/mol. The Hall–Kier alpha value is -2.61. The number of urea groups is 1. The van der Waals surface area contributed by atoms with Crippen molar-refractivity contribution < 1.29 is 23.9 Å². The highest BCUT2D eigenvalue weighted by Gasteiger charge is 2.47. The van der Waals surface area contributed by atoms with Crippen molar-refractivity contribution in [1.82, 2.24) is 10.2 Å². The Kier molecular flexibility index (Phi) is 5.86. The molecule has 26 heavy (non-hydrogen) atoms. The molecule has 1 atom stereocenters. The van der Waals surface area contributed by atoms with E-state index in [4.69, 9.17) is 16.3 Å². The first-order valence-corrected chi connectivity index (χ1v) is 8.40. The first kappa shape index (κ1) is 19.7. The maximum Gasteiger partial charge on any atom is 0.326 e. The Morgan fingerprint density at radius 2 is 2.04 bits per heavy atom. The van der Waals surface area contributed by atoms with E-state index in [0.29, 0.717) is 22.7 Å². The Bertz CT molecular complexity index is 767. The Morgan fingerprint density at radius 3 is 2.65 bits per heavy atom. The summed E-state index contributed by atoms with van der Waals surface area (Å²) < 4.78 is 4.85. The number of rotatable bonds is 6. The predicted octanol–water partition coefficient (Wildman–Crippen LogP) is 1.85. The standard InChI is InChI=1S/C17H20ClN3O5/c1-4-17(3)15(24)21(16(25)20-17)8-14(23)26-9-13(22)19-12-7-5-6-11(18)10(12)2/h5-7H,4,8-9H2,1-3H3,(H,19,22)(H,20,25)/t17-/m1/s1. The summed E-state index contributed by atoms with van der Waals surface area (Å²) >= 11 is 5.97. The van der Waals surface area contributed by atoms with Gasteiger partial charge in [-0.25, -0.2) is 4.79 Å². The van der Waals surface area contributed by atoms with Gasteiger partial charge in [0.2, 0.25) is 0 Å². The van der Waals surface area contributed by atoms with Crippen LogP contribution >= 0.6 is 11.6 Å². The van der Waals surface area contributed by atoms with E-state index in [9.17, 15) is 19.2 Å². The number of halogens is 1. The van der Waals surface area contributed by atoms with Gasteiger partial charge in [-0.2, -0.15) is 0 Å². The summed E-state index contributed by atoms with van der Waals surface area (Å²) in [7, 11) is 0. The minimum absolute atomic E-state index is 0.393. The van der Waals surface area contributed by atoms with Crippen molar-refractivity contribution in [3.63, 3.8) is 0 Å². The first-order chi connectivity index (χ1) is 12.2. The van der Waals surface area contributed by atoms with Crippen LogP contribution in [0.2, 0.25) is 5.02 Å². The van der Waals surface area contributed by atoms with E-state index in [0.717, 1.165) is 4.90 Å². The Labute approximate surface area is 155 Å². The average Bonchev–Trinajstić information content (AvgIpc) is 2.81. The van der Waals surface area contributed by atoms with Gasteiger partial charge in [0.15, 0.2) is 6.61 Å². The third-order valence-corrected chi connectivity index (χ3v) is 4.65. The van der Waals surface area contributed by atoms with Gasteiger partial charge in [0.25, 0.3) is 11.8 Å². The molecule has 0 radical (unpaired) electrons. The lowest BCUT2D eigenvalue weighted by Gasteiger charge is -2.18. The van der Waals surface area contributed by atoms with Crippen LogP contribution in [0.4, 0.5) is 10.5 Å². The molecule has 8 nitrogen and oxygen atoms in total. The lowest BCUT2D eigenvalue weighted by Crippen LogP contribution is -2.43. The smallest absolute Gasteiger partial charge is 0.326 e. The van der Waals surface area contributed by atoms with Crippen molar-refractivity contribution in [3.8, 4) is 0 Å². The second kappa shape index (κ2) is 7.74. The molecule has 0 saturated carbocycles. The van der Waals surface area contributed by atoms with E-state index in [1.54, 1.807) is 39.0 Å². The molecule has 0 bridgehead atoms. The monoisotopic (exact) mass is 381 g/mol. The van der Waals surface area contributed by atoms with Crippen molar-refractivity contribution >= 4 is 41.1 Å². The van der Waals surface area contributed by atoms with Crippen LogP contribution in [-0.2, 0) is 19.1 Å². The minimum atomic E-state index is -1.03. The van der Waals surface area contributed by atoms with Crippen molar-refractivity contribution in [2.45, 2.75) is 32.7 Å². The molecule has 1 aromatic rings. The Morgan fingerprint density at radius 1 is 1.35 bits per heavy atom. The maximum atomic E-state index is 12.2. The van der Waals surface area contributed by atoms with E-state index in [1.165, 1.54) is 0 Å². The lowest BCUT2D eigenvalue weighted by atomic mass is 9.99. The third kappa shape index (κ3) is 4.13. The maximum absolute atomic E-state index is 12.2. The van der Waals surface area contributed by atoms with Crippen molar-refractivity contribution in [1.29, 1.82) is 0 Å². The largest absolute Gasteiger partial charge is 0.454 e. The number of nitrogens with one attached hydrogen (secondary N) is 2. The summed E-state index contributed by atoms with van der Waals surface area (Å²) in [4.78, 5) is 48.6. The van der Waals surface area contributed by atoms with E-state index >= 15 is 0 Å². The molecule has 9 heteroatoms. The number of ether oxygens (including phenoxy) is 1. The molecule has 140 valence electrons. The highest BCUT2D eigenvalue weighted by molar-refractivity contribution is 6.31. The first-order valence-electron chi connectivity index (χ1n) is 8.02. The summed E-state index contributed by atoms with van der Waals surface area (Å²) in [6.07, 6.45) is 0.393. The van der Waals surface area contributed by atoms with Gasteiger partial charge in [0.05, 0.1) is 0 Å². The number of hydrogen-bond acceptors (Lipinski definition) is 5. The van der Waals surface area contributed by atoms with Gasteiger partial charge in [-0.3, -0.25) is 19.3 Å². The van der Waals surface area contributed by atoms with Gasteiger partial charge < -0.3 is 15.4 Å². The normalized spacial score (nSPS) is 19.3. The zero-order valence-corrected chi connectivity index (χ0v) is 15.5. The summed E-state index contributed by atoms with van der Waals surface area (Å²) in [5.74, 6) is -1.91. The molecular weight excluding hydrogens is 362 g/mol. The lowest BCUT2D eigenvalue weighted by molar-refractivity contribution is -0.150. The van der Waals surface area contributed by atoms with Gasteiger partial charge in [-0.1, -0.05) is 24.6 Å².